The molecule has 0 bridgehead atoms. The molecule has 0 aromatic carbocycles. The van der Waals surface area contributed by atoms with Crippen molar-refractivity contribution < 1.29 is 5.11 Å². The van der Waals surface area contributed by atoms with Crippen LogP contribution in [0.1, 0.15) is 5.56 Å². The lowest BCUT2D eigenvalue weighted by atomic mass is 10.2. The van der Waals surface area contributed by atoms with E-state index in [9.17, 15) is 14.7 Å². The molecule has 0 saturated carbocycles. The summed E-state index contributed by atoms with van der Waals surface area (Å²) in [6.45, 7) is 0. The van der Waals surface area contributed by atoms with Gasteiger partial charge in [0, 0.05) is 14.1 Å². The minimum atomic E-state index is -2.17. The Kier molecular flexibility index (Phi) is 3.61. The van der Waals surface area contributed by atoms with Crippen LogP contribution >= 0.6 is 34.8 Å². The fourth-order valence-electron chi connectivity index (χ4n) is 1.19. The number of alkyl halides is 3. The Balaban J connectivity index is 3.74. The summed E-state index contributed by atoms with van der Waals surface area (Å²) in [6.07, 6.45) is 0. The van der Waals surface area contributed by atoms with Crippen molar-refractivity contribution in [2.75, 3.05) is 0 Å². The third-order valence-corrected chi connectivity index (χ3v) is 2.73. The molecule has 0 fully saturated rings. The second-order valence-electron chi connectivity index (χ2n) is 3.28. The highest BCUT2D eigenvalue weighted by molar-refractivity contribution is 6.77. The zero-order chi connectivity index (χ0) is 13.5. The molecule has 0 saturated heterocycles. The lowest BCUT2D eigenvalue weighted by Crippen LogP contribution is -2.41. The van der Waals surface area contributed by atoms with Gasteiger partial charge in [0.2, 0.25) is 9.67 Å². The fourth-order valence-corrected chi connectivity index (χ4v) is 1.48. The lowest BCUT2D eigenvalue weighted by molar-refractivity contribution is 0.410. The SMILES string of the molecule is Cn1c(O)c(C(=N)C(Cl)(Cl)Cl)c(=O)n(C)c1=O. The molecule has 0 unspecified atom stereocenters. The van der Waals surface area contributed by atoms with Crippen molar-refractivity contribution in [3.8, 4) is 5.88 Å². The number of hydrogen-bond acceptors (Lipinski definition) is 4. The van der Waals surface area contributed by atoms with Crippen LogP contribution in [-0.4, -0.2) is 23.7 Å². The van der Waals surface area contributed by atoms with Gasteiger partial charge >= 0.3 is 5.69 Å². The van der Waals surface area contributed by atoms with Gasteiger partial charge in [-0.2, -0.15) is 0 Å². The van der Waals surface area contributed by atoms with Gasteiger partial charge in [0.25, 0.3) is 5.56 Å². The average molecular weight is 301 g/mol. The standard InChI is InChI=1S/C8H8Cl3N3O3/c1-13-5(15)3(4(12)8(9,10)11)6(16)14(2)7(13)17/h12,15H,1-2H3. The van der Waals surface area contributed by atoms with Crippen LogP contribution in [-0.2, 0) is 14.1 Å². The van der Waals surface area contributed by atoms with E-state index in [-0.39, 0.29) is 0 Å². The van der Waals surface area contributed by atoms with Crippen molar-refractivity contribution in [2.45, 2.75) is 3.79 Å². The Hall–Kier alpha value is -0.980. The number of aromatic nitrogens is 2. The monoisotopic (exact) mass is 299 g/mol. The van der Waals surface area contributed by atoms with Crippen molar-refractivity contribution in [1.29, 1.82) is 5.41 Å². The van der Waals surface area contributed by atoms with E-state index < -0.39 is 32.2 Å². The summed E-state index contributed by atoms with van der Waals surface area (Å²) < 4.78 is -0.678. The molecule has 0 aliphatic heterocycles. The van der Waals surface area contributed by atoms with E-state index in [0.29, 0.717) is 4.57 Å². The first-order chi connectivity index (χ1) is 7.59. The molecule has 0 radical (unpaired) electrons. The minimum absolute atomic E-state index is 0.519. The first-order valence-electron chi connectivity index (χ1n) is 4.24. The molecule has 0 spiro atoms. The Bertz CT molecular complexity index is 597. The van der Waals surface area contributed by atoms with Crippen LogP contribution in [0.2, 0.25) is 0 Å². The maximum Gasteiger partial charge on any atom is 0.333 e. The van der Waals surface area contributed by atoms with Crippen LogP contribution in [0.25, 0.3) is 0 Å². The summed E-state index contributed by atoms with van der Waals surface area (Å²) in [7, 11) is 2.42. The highest BCUT2D eigenvalue weighted by Gasteiger charge is 2.33. The van der Waals surface area contributed by atoms with E-state index in [1.165, 1.54) is 14.1 Å². The Morgan fingerprint density at radius 1 is 1.24 bits per heavy atom. The highest BCUT2D eigenvalue weighted by Crippen LogP contribution is 2.31. The van der Waals surface area contributed by atoms with Crippen molar-refractivity contribution in [3.63, 3.8) is 0 Å². The molecule has 94 valence electrons. The van der Waals surface area contributed by atoms with Gasteiger partial charge in [0.15, 0.2) is 0 Å². The van der Waals surface area contributed by atoms with E-state index in [2.05, 4.69) is 0 Å². The van der Waals surface area contributed by atoms with Crippen LogP contribution in [0.15, 0.2) is 9.59 Å². The minimum Gasteiger partial charge on any atom is -0.494 e. The summed E-state index contributed by atoms with van der Waals surface area (Å²) in [4.78, 5) is 23.2. The molecule has 17 heavy (non-hydrogen) atoms. The molecular weight excluding hydrogens is 292 g/mol. The molecule has 1 heterocycles. The third-order valence-electron chi connectivity index (χ3n) is 2.17. The van der Waals surface area contributed by atoms with Gasteiger partial charge in [-0.1, -0.05) is 34.8 Å². The van der Waals surface area contributed by atoms with E-state index in [4.69, 9.17) is 40.2 Å². The predicted molar refractivity (Wildman–Crippen MR) is 65.7 cm³/mol. The van der Waals surface area contributed by atoms with Crippen molar-refractivity contribution in [2.24, 2.45) is 14.1 Å². The number of aromatic hydroxyl groups is 1. The maximum absolute atomic E-state index is 11.7. The fraction of sp³-hybridized carbons (Fsp3) is 0.375. The molecule has 6 nitrogen and oxygen atoms in total. The molecule has 9 heteroatoms. The van der Waals surface area contributed by atoms with Gasteiger partial charge < -0.3 is 5.11 Å². The molecule has 1 aromatic rings. The van der Waals surface area contributed by atoms with E-state index in [0.717, 1.165) is 4.57 Å². The zero-order valence-corrected chi connectivity index (χ0v) is 11.1. The van der Waals surface area contributed by atoms with Gasteiger partial charge in [-0.25, -0.2) is 4.79 Å². The molecule has 0 amide bonds. The molecule has 0 aliphatic carbocycles. The van der Waals surface area contributed by atoms with Crippen LogP contribution in [0, 0.1) is 5.41 Å². The number of halogens is 3. The Morgan fingerprint density at radius 3 is 2.12 bits per heavy atom. The van der Waals surface area contributed by atoms with Crippen LogP contribution in [0.4, 0.5) is 0 Å². The normalized spacial score (nSPS) is 11.6. The molecule has 2 N–H and O–H groups in total. The zero-order valence-electron chi connectivity index (χ0n) is 8.79. The molecule has 1 rings (SSSR count). The van der Waals surface area contributed by atoms with E-state index in [1.54, 1.807) is 0 Å². The number of hydrogen-bond donors (Lipinski definition) is 2. The quantitative estimate of drug-likeness (QED) is 0.586. The third kappa shape index (κ3) is 2.34. The second kappa shape index (κ2) is 4.36. The summed E-state index contributed by atoms with van der Waals surface area (Å²) in [5.74, 6) is -0.713. The van der Waals surface area contributed by atoms with Crippen LogP contribution < -0.4 is 11.2 Å². The second-order valence-corrected chi connectivity index (χ2v) is 5.56. The van der Waals surface area contributed by atoms with Crippen molar-refractivity contribution in [3.05, 3.63) is 26.4 Å². The summed E-state index contributed by atoms with van der Waals surface area (Å²) in [6, 6.07) is 0. The van der Waals surface area contributed by atoms with E-state index >= 15 is 0 Å². The number of nitrogens with one attached hydrogen (secondary N) is 1. The first kappa shape index (κ1) is 14.1. The van der Waals surface area contributed by atoms with Gasteiger partial charge in [-0.15, -0.1) is 0 Å². The smallest absolute Gasteiger partial charge is 0.333 e. The largest absolute Gasteiger partial charge is 0.494 e. The summed E-state index contributed by atoms with van der Waals surface area (Å²) in [5.41, 5.74) is -2.86. The first-order valence-corrected chi connectivity index (χ1v) is 5.37. The number of nitrogens with zero attached hydrogens (tertiary/aromatic N) is 2. The maximum atomic E-state index is 11.7. The van der Waals surface area contributed by atoms with Crippen LogP contribution in [0.5, 0.6) is 5.88 Å². The highest BCUT2D eigenvalue weighted by atomic mass is 35.6. The summed E-state index contributed by atoms with van der Waals surface area (Å²) >= 11 is 16.4. The predicted octanol–water partition coefficient (Wildman–Crippen LogP) is 0.528. The van der Waals surface area contributed by atoms with Gasteiger partial charge in [0.05, 0.1) is 0 Å². The van der Waals surface area contributed by atoms with E-state index in [1.807, 2.05) is 0 Å². The molecule has 0 atom stereocenters. The molecular formula is C8H8Cl3N3O3. The van der Waals surface area contributed by atoms with Gasteiger partial charge in [-0.3, -0.25) is 19.3 Å². The van der Waals surface area contributed by atoms with Gasteiger partial charge in [-0.05, 0) is 0 Å². The van der Waals surface area contributed by atoms with Crippen LogP contribution in [0.3, 0.4) is 0 Å². The van der Waals surface area contributed by atoms with Crippen molar-refractivity contribution in [1.82, 2.24) is 9.13 Å². The summed E-state index contributed by atoms with van der Waals surface area (Å²) in [5, 5.41) is 17.2. The van der Waals surface area contributed by atoms with Gasteiger partial charge in [0.1, 0.15) is 11.3 Å². The average Bonchev–Trinajstić information content (AvgIpc) is 2.22. The molecule has 0 aliphatic rings. The lowest BCUT2D eigenvalue weighted by Gasteiger charge is -2.15. The molecule has 1 aromatic heterocycles. The van der Waals surface area contributed by atoms with Crippen molar-refractivity contribution >= 4 is 40.5 Å². The Morgan fingerprint density at radius 2 is 1.71 bits per heavy atom. The topological polar surface area (TPSA) is 88.1 Å². The number of rotatable bonds is 1. The Labute approximate surface area is 110 Å².